The SMILES string of the molecule is CCOc1cc(CNn2nnnc2N)cc(Br)c1OCc1c(F)cccc1Cl. The van der Waals surface area contributed by atoms with Gasteiger partial charge in [-0.05, 0) is 63.1 Å². The van der Waals surface area contributed by atoms with Crippen LogP contribution in [0.15, 0.2) is 34.8 Å². The van der Waals surface area contributed by atoms with Gasteiger partial charge in [-0.15, -0.1) is 4.79 Å². The van der Waals surface area contributed by atoms with Gasteiger partial charge in [-0.2, -0.15) is 0 Å². The summed E-state index contributed by atoms with van der Waals surface area (Å²) in [6.07, 6.45) is 0. The van der Waals surface area contributed by atoms with Crippen LogP contribution >= 0.6 is 27.5 Å². The highest BCUT2D eigenvalue weighted by Gasteiger charge is 2.15. The third kappa shape index (κ3) is 4.63. The highest BCUT2D eigenvalue weighted by atomic mass is 79.9. The Kier molecular flexibility index (Phi) is 6.53. The first kappa shape index (κ1) is 20.2. The van der Waals surface area contributed by atoms with Crippen molar-refractivity contribution in [2.24, 2.45) is 0 Å². The molecule has 0 radical (unpaired) electrons. The molecule has 3 rings (SSSR count). The van der Waals surface area contributed by atoms with Gasteiger partial charge in [0.25, 0.3) is 5.95 Å². The molecular formula is C17H17BrClFN6O2. The van der Waals surface area contributed by atoms with Crippen LogP contribution in [0.1, 0.15) is 18.1 Å². The molecule has 0 atom stereocenters. The van der Waals surface area contributed by atoms with Crippen LogP contribution in [-0.4, -0.2) is 26.9 Å². The predicted molar refractivity (Wildman–Crippen MR) is 106 cm³/mol. The van der Waals surface area contributed by atoms with Crippen LogP contribution < -0.4 is 20.6 Å². The number of anilines is 1. The van der Waals surface area contributed by atoms with Crippen LogP contribution in [0, 0.1) is 5.82 Å². The minimum absolute atomic E-state index is 0.0388. The number of benzene rings is 2. The van der Waals surface area contributed by atoms with Gasteiger partial charge in [-0.25, -0.2) is 4.39 Å². The minimum Gasteiger partial charge on any atom is -0.490 e. The summed E-state index contributed by atoms with van der Waals surface area (Å²) in [5.41, 5.74) is 9.73. The number of rotatable bonds is 8. The van der Waals surface area contributed by atoms with Crippen molar-refractivity contribution in [3.05, 3.63) is 56.8 Å². The molecule has 0 unspecified atom stereocenters. The molecule has 2 aromatic carbocycles. The molecule has 0 saturated carbocycles. The number of hydrogen-bond acceptors (Lipinski definition) is 7. The number of halogens is 3. The number of nitrogens with one attached hydrogen (secondary N) is 1. The van der Waals surface area contributed by atoms with Crippen molar-refractivity contribution in [1.29, 1.82) is 0 Å². The molecule has 148 valence electrons. The lowest BCUT2D eigenvalue weighted by molar-refractivity contribution is 0.264. The zero-order valence-corrected chi connectivity index (χ0v) is 17.2. The van der Waals surface area contributed by atoms with Gasteiger partial charge in [0.2, 0.25) is 0 Å². The number of hydrogen-bond donors (Lipinski definition) is 2. The van der Waals surface area contributed by atoms with E-state index in [-0.39, 0.29) is 18.1 Å². The van der Waals surface area contributed by atoms with E-state index in [1.54, 1.807) is 18.2 Å². The maximum Gasteiger partial charge on any atom is 0.260 e. The average Bonchev–Trinajstić information content (AvgIpc) is 3.06. The second kappa shape index (κ2) is 9.07. The number of ether oxygens (including phenoxy) is 2. The molecule has 3 aromatic rings. The van der Waals surface area contributed by atoms with Crippen molar-refractivity contribution in [2.75, 3.05) is 17.8 Å². The van der Waals surface area contributed by atoms with Crippen LogP contribution in [0.4, 0.5) is 10.3 Å². The molecule has 0 aliphatic rings. The van der Waals surface area contributed by atoms with E-state index < -0.39 is 5.82 Å². The van der Waals surface area contributed by atoms with E-state index in [4.69, 9.17) is 26.8 Å². The Morgan fingerprint density at radius 3 is 2.82 bits per heavy atom. The number of aromatic nitrogens is 4. The molecule has 1 heterocycles. The van der Waals surface area contributed by atoms with Gasteiger partial charge < -0.3 is 20.6 Å². The topological polar surface area (TPSA) is 100 Å². The smallest absolute Gasteiger partial charge is 0.260 e. The molecule has 3 N–H and O–H groups in total. The molecule has 0 bridgehead atoms. The first-order valence-corrected chi connectivity index (χ1v) is 9.45. The maximum atomic E-state index is 14.0. The zero-order valence-electron chi connectivity index (χ0n) is 14.8. The summed E-state index contributed by atoms with van der Waals surface area (Å²) < 4.78 is 26.1. The third-order valence-corrected chi connectivity index (χ3v) is 4.66. The Labute approximate surface area is 173 Å². The average molecular weight is 472 g/mol. The molecule has 0 aliphatic heterocycles. The van der Waals surface area contributed by atoms with E-state index in [0.29, 0.717) is 34.1 Å². The second-order valence-electron chi connectivity index (χ2n) is 5.61. The van der Waals surface area contributed by atoms with Crippen molar-refractivity contribution in [2.45, 2.75) is 20.1 Å². The normalized spacial score (nSPS) is 10.7. The minimum atomic E-state index is -0.429. The highest BCUT2D eigenvalue weighted by molar-refractivity contribution is 9.10. The van der Waals surface area contributed by atoms with E-state index in [1.165, 1.54) is 10.9 Å². The Hall–Kier alpha value is -2.59. The van der Waals surface area contributed by atoms with Gasteiger partial charge in [0, 0.05) is 5.56 Å². The van der Waals surface area contributed by atoms with Crippen LogP contribution in [0.25, 0.3) is 0 Å². The van der Waals surface area contributed by atoms with E-state index >= 15 is 0 Å². The number of nitrogens with zero attached hydrogens (tertiary/aromatic N) is 4. The quantitative estimate of drug-likeness (QED) is 0.518. The molecule has 11 heteroatoms. The van der Waals surface area contributed by atoms with Gasteiger partial charge in [0.15, 0.2) is 11.5 Å². The van der Waals surface area contributed by atoms with Crippen molar-refractivity contribution in [3.8, 4) is 11.5 Å². The van der Waals surface area contributed by atoms with Crippen molar-refractivity contribution >= 4 is 33.5 Å². The Morgan fingerprint density at radius 1 is 1.32 bits per heavy atom. The number of tetrazole rings is 1. The third-order valence-electron chi connectivity index (χ3n) is 3.72. The van der Waals surface area contributed by atoms with Gasteiger partial charge in [0.05, 0.1) is 22.6 Å². The van der Waals surface area contributed by atoms with Gasteiger partial charge in [-0.1, -0.05) is 22.8 Å². The van der Waals surface area contributed by atoms with Crippen LogP contribution in [0.2, 0.25) is 5.02 Å². The summed E-state index contributed by atoms with van der Waals surface area (Å²) in [4.78, 5) is 1.26. The van der Waals surface area contributed by atoms with Crippen molar-refractivity contribution in [3.63, 3.8) is 0 Å². The lowest BCUT2D eigenvalue weighted by Crippen LogP contribution is -2.18. The molecule has 0 amide bonds. The van der Waals surface area contributed by atoms with Gasteiger partial charge >= 0.3 is 0 Å². The second-order valence-corrected chi connectivity index (χ2v) is 6.87. The first-order chi connectivity index (χ1) is 13.5. The summed E-state index contributed by atoms with van der Waals surface area (Å²) in [7, 11) is 0. The number of nitrogens with two attached hydrogens (primary N) is 1. The fraction of sp³-hybridized carbons (Fsp3) is 0.235. The molecule has 0 spiro atoms. The number of nitrogen functional groups attached to an aromatic ring is 1. The van der Waals surface area contributed by atoms with E-state index in [0.717, 1.165) is 5.56 Å². The summed E-state index contributed by atoms with van der Waals surface area (Å²) in [6.45, 7) is 2.63. The lowest BCUT2D eigenvalue weighted by atomic mass is 10.2. The van der Waals surface area contributed by atoms with E-state index in [9.17, 15) is 4.39 Å². The fourth-order valence-electron chi connectivity index (χ4n) is 2.41. The van der Waals surface area contributed by atoms with E-state index in [1.807, 2.05) is 13.0 Å². The monoisotopic (exact) mass is 470 g/mol. The molecular weight excluding hydrogens is 455 g/mol. The molecule has 0 fully saturated rings. The maximum absolute atomic E-state index is 14.0. The van der Waals surface area contributed by atoms with Crippen molar-refractivity contribution < 1.29 is 13.9 Å². The van der Waals surface area contributed by atoms with Gasteiger partial charge in [0.1, 0.15) is 12.4 Å². The molecule has 8 nitrogen and oxygen atoms in total. The Morgan fingerprint density at radius 2 is 2.14 bits per heavy atom. The summed E-state index contributed by atoms with van der Waals surface area (Å²) >= 11 is 9.55. The molecule has 0 saturated heterocycles. The molecule has 0 aliphatic carbocycles. The van der Waals surface area contributed by atoms with Crippen molar-refractivity contribution in [1.82, 2.24) is 20.3 Å². The largest absolute Gasteiger partial charge is 0.490 e. The van der Waals surface area contributed by atoms with E-state index in [2.05, 4.69) is 36.9 Å². The van der Waals surface area contributed by atoms with Crippen LogP contribution in [0.3, 0.4) is 0 Å². The summed E-state index contributed by atoms with van der Waals surface area (Å²) in [5.74, 6) is 0.671. The molecule has 28 heavy (non-hydrogen) atoms. The Bertz CT molecular complexity index is 951. The first-order valence-electron chi connectivity index (χ1n) is 8.28. The summed E-state index contributed by atoms with van der Waals surface area (Å²) in [6, 6.07) is 8.14. The zero-order chi connectivity index (χ0) is 20.1. The standard InChI is InChI=1S/C17H17BrClFN6O2/c1-2-27-15-7-10(8-22-26-17(21)23-24-25-26)6-12(18)16(15)28-9-11-13(19)4-3-5-14(11)20/h3-7,22H,2,8-9H2,1H3,(H2,21,23,25). The van der Waals surface area contributed by atoms with Crippen LogP contribution in [-0.2, 0) is 13.2 Å². The summed E-state index contributed by atoms with van der Waals surface area (Å²) in [5, 5.41) is 11.1. The highest BCUT2D eigenvalue weighted by Crippen LogP contribution is 2.38. The lowest BCUT2D eigenvalue weighted by Gasteiger charge is -2.16. The Balaban J connectivity index is 1.79. The molecule has 1 aromatic heterocycles. The predicted octanol–water partition coefficient (Wildman–Crippen LogP) is 3.53. The van der Waals surface area contributed by atoms with Gasteiger partial charge in [-0.3, -0.25) is 0 Å². The van der Waals surface area contributed by atoms with Crippen LogP contribution in [0.5, 0.6) is 11.5 Å². The fourth-order valence-corrected chi connectivity index (χ4v) is 3.24.